The van der Waals surface area contributed by atoms with Gasteiger partial charge in [0.2, 0.25) is 5.95 Å². The van der Waals surface area contributed by atoms with E-state index in [0.717, 1.165) is 12.7 Å². The van der Waals surface area contributed by atoms with Crippen molar-refractivity contribution in [1.82, 2.24) is 9.97 Å². The van der Waals surface area contributed by atoms with Crippen LogP contribution in [0.15, 0.2) is 6.20 Å². The molecule has 2 N–H and O–H groups in total. The van der Waals surface area contributed by atoms with Crippen molar-refractivity contribution in [3.05, 3.63) is 12.0 Å². The number of hydrogen-bond acceptors (Lipinski definition) is 4. The molecule has 1 aliphatic rings. The van der Waals surface area contributed by atoms with Gasteiger partial charge in [-0.1, -0.05) is 0 Å². The Kier molecular flexibility index (Phi) is 2.94. The lowest BCUT2D eigenvalue weighted by Crippen LogP contribution is -2.34. The van der Waals surface area contributed by atoms with Crippen LogP contribution in [-0.4, -0.2) is 22.6 Å². The Balaban J connectivity index is 2.25. The molecule has 0 saturated heterocycles. The van der Waals surface area contributed by atoms with Gasteiger partial charge in [-0.05, 0) is 32.6 Å². The molecule has 1 aliphatic carbocycles. The number of aromatic nitrogens is 2. The van der Waals surface area contributed by atoms with Crippen molar-refractivity contribution in [2.24, 2.45) is 5.92 Å². The maximum Gasteiger partial charge on any atom is 0.222 e. The van der Waals surface area contributed by atoms with Gasteiger partial charge in [-0.3, -0.25) is 0 Å². The van der Waals surface area contributed by atoms with E-state index in [4.69, 9.17) is 5.73 Å². The number of hydrogen-bond donors (Lipinski definition) is 1. The number of halogens is 1. The topological polar surface area (TPSA) is 55.0 Å². The summed E-state index contributed by atoms with van der Waals surface area (Å²) < 4.78 is 13.6. The minimum Gasteiger partial charge on any atom is -0.368 e. The zero-order valence-electron chi connectivity index (χ0n) is 9.65. The van der Waals surface area contributed by atoms with E-state index >= 15 is 0 Å². The summed E-state index contributed by atoms with van der Waals surface area (Å²) in [5.41, 5.74) is 5.50. The summed E-state index contributed by atoms with van der Waals surface area (Å²) in [6.45, 7) is 4.91. The summed E-state index contributed by atoms with van der Waals surface area (Å²) in [6.07, 6.45) is 3.59. The maximum absolute atomic E-state index is 13.6. The Labute approximate surface area is 94.7 Å². The summed E-state index contributed by atoms with van der Waals surface area (Å²) in [4.78, 5) is 9.60. The number of nitrogens with two attached hydrogens (primary N) is 1. The van der Waals surface area contributed by atoms with Crippen molar-refractivity contribution in [2.75, 3.05) is 17.2 Å². The Hall–Kier alpha value is -1.39. The van der Waals surface area contributed by atoms with Crippen molar-refractivity contribution in [3.8, 4) is 0 Å². The first-order chi connectivity index (χ1) is 7.58. The van der Waals surface area contributed by atoms with Crippen molar-refractivity contribution in [2.45, 2.75) is 32.7 Å². The molecule has 1 fully saturated rings. The largest absolute Gasteiger partial charge is 0.368 e. The van der Waals surface area contributed by atoms with E-state index in [1.807, 2.05) is 18.7 Å². The van der Waals surface area contributed by atoms with E-state index in [0.29, 0.717) is 11.7 Å². The second-order valence-corrected chi connectivity index (χ2v) is 4.59. The van der Waals surface area contributed by atoms with Crippen LogP contribution < -0.4 is 10.6 Å². The van der Waals surface area contributed by atoms with Gasteiger partial charge < -0.3 is 10.6 Å². The number of rotatable bonds is 4. The van der Waals surface area contributed by atoms with Crippen molar-refractivity contribution in [3.63, 3.8) is 0 Å². The molecule has 0 spiro atoms. The van der Waals surface area contributed by atoms with E-state index in [-0.39, 0.29) is 12.0 Å². The molecule has 0 radical (unpaired) electrons. The quantitative estimate of drug-likeness (QED) is 0.847. The fraction of sp³-hybridized carbons (Fsp3) is 0.636. The first kappa shape index (κ1) is 11.1. The minimum atomic E-state index is -0.399. The highest BCUT2D eigenvalue weighted by Crippen LogP contribution is 2.32. The van der Waals surface area contributed by atoms with Gasteiger partial charge in [0.05, 0.1) is 6.20 Å². The highest BCUT2D eigenvalue weighted by atomic mass is 19.1. The van der Waals surface area contributed by atoms with E-state index in [1.165, 1.54) is 12.8 Å². The molecule has 1 aromatic heterocycles. The van der Waals surface area contributed by atoms with Gasteiger partial charge in [0.1, 0.15) is 0 Å². The van der Waals surface area contributed by atoms with E-state index in [9.17, 15) is 4.39 Å². The van der Waals surface area contributed by atoms with Crippen LogP contribution in [-0.2, 0) is 0 Å². The molecule has 0 bridgehead atoms. The monoisotopic (exact) mass is 224 g/mol. The number of nitrogen functional groups attached to an aromatic ring is 1. The fourth-order valence-corrected chi connectivity index (χ4v) is 1.69. The number of nitrogens with zero attached hydrogens (tertiary/aromatic N) is 3. The third kappa shape index (κ3) is 2.40. The summed E-state index contributed by atoms with van der Waals surface area (Å²) in [5, 5.41) is 0. The molecule has 1 aromatic rings. The predicted molar refractivity (Wildman–Crippen MR) is 61.6 cm³/mol. The Morgan fingerprint density at radius 3 is 2.81 bits per heavy atom. The highest BCUT2D eigenvalue weighted by molar-refractivity contribution is 5.43. The third-order valence-electron chi connectivity index (χ3n) is 2.79. The standard InChI is InChI=1S/C11H17FN4/c1-7(2)16(6-8-3-4-8)10-9(12)5-14-11(13)15-10/h5,7-8H,3-4,6H2,1-2H3,(H2,13,14,15). The SMILES string of the molecule is CC(C)N(CC1CC1)c1nc(N)ncc1F. The van der Waals surface area contributed by atoms with E-state index in [1.54, 1.807) is 0 Å². The highest BCUT2D eigenvalue weighted by Gasteiger charge is 2.27. The Bertz CT molecular complexity index is 376. The lowest BCUT2D eigenvalue weighted by Gasteiger charge is -2.28. The Morgan fingerprint density at radius 2 is 2.25 bits per heavy atom. The predicted octanol–water partition coefficient (Wildman–Crippen LogP) is 1.82. The molecule has 0 aromatic carbocycles. The summed E-state index contributed by atoms with van der Waals surface area (Å²) in [7, 11) is 0. The molecule has 4 nitrogen and oxygen atoms in total. The van der Waals surface area contributed by atoms with Gasteiger partial charge in [-0.25, -0.2) is 9.37 Å². The first-order valence-corrected chi connectivity index (χ1v) is 5.62. The molecule has 88 valence electrons. The summed E-state index contributed by atoms with van der Waals surface area (Å²) >= 11 is 0. The van der Waals surface area contributed by atoms with Gasteiger partial charge in [0.25, 0.3) is 0 Å². The fourth-order valence-electron chi connectivity index (χ4n) is 1.69. The minimum absolute atomic E-state index is 0.123. The van der Waals surface area contributed by atoms with Crippen LogP contribution in [0.25, 0.3) is 0 Å². The van der Waals surface area contributed by atoms with Crippen LogP contribution in [0.3, 0.4) is 0 Å². The zero-order chi connectivity index (χ0) is 11.7. The molecular weight excluding hydrogens is 207 g/mol. The second-order valence-electron chi connectivity index (χ2n) is 4.59. The molecule has 0 aliphatic heterocycles. The molecule has 0 amide bonds. The average molecular weight is 224 g/mol. The zero-order valence-corrected chi connectivity index (χ0v) is 9.65. The number of anilines is 2. The average Bonchev–Trinajstić information content (AvgIpc) is 3.02. The molecular formula is C11H17FN4. The van der Waals surface area contributed by atoms with Gasteiger partial charge in [-0.2, -0.15) is 4.98 Å². The summed E-state index contributed by atoms with van der Waals surface area (Å²) in [5.74, 6) is 0.730. The van der Waals surface area contributed by atoms with Crippen LogP contribution in [0.4, 0.5) is 16.2 Å². The van der Waals surface area contributed by atoms with Gasteiger partial charge in [0.15, 0.2) is 11.6 Å². The van der Waals surface area contributed by atoms with Gasteiger partial charge in [-0.15, -0.1) is 0 Å². The molecule has 5 heteroatoms. The lowest BCUT2D eigenvalue weighted by molar-refractivity contribution is 0.573. The molecule has 0 unspecified atom stereocenters. The normalized spacial score (nSPS) is 15.5. The van der Waals surface area contributed by atoms with Crippen molar-refractivity contribution < 1.29 is 4.39 Å². The first-order valence-electron chi connectivity index (χ1n) is 5.62. The summed E-state index contributed by atoms with van der Waals surface area (Å²) in [6, 6.07) is 0.212. The smallest absolute Gasteiger partial charge is 0.222 e. The van der Waals surface area contributed by atoms with Crippen LogP contribution >= 0.6 is 0 Å². The van der Waals surface area contributed by atoms with E-state index < -0.39 is 5.82 Å². The second kappa shape index (κ2) is 4.23. The van der Waals surface area contributed by atoms with E-state index in [2.05, 4.69) is 9.97 Å². The van der Waals surface area contributed by atoms with Crippen molar-refractivity contribution >= 4 is 11.8 Å². The van der Waals surface area contributed by atoms with Crippen LogP contribution in [0, 0.1) is 11.7 Å². The maximum atomic E-state index is 13.6. The van der Waals surface area contributed by atoms with Crippen molar-refractivity contribution in [1.29, 1.82) is 0 Å². The van der Waals surface area contributed by atoms with Crippen LogP contribution in [0.5, 0.6) is 0 Å². The molecule has 2 rings (SSSR count). The molecule has 0 atom stereocenters. The third-order valence-corrected chi connectivity index (χ3v) is 2.79. The Morgan fingerprint density at radius 1 is 1.56 bits per heavy atom. The molecule has 1 heterocycles. The van der Waals surface area contributed by atoms with Gasteiger partial charge in [0, 0.05) is 12.6 Å². The molecule has 1 saturated carbocycles. The lowest BCUT2D eigenvalue weighted by atomic mass is 10.2. The molecule has 16 heavy (non-hydrogen) atoms. The van der Waals surface area contributed by atoms with Crippen LogP contribution in [0.2, 0.25) is 0 Å². The van der Waals surface area contributed by atoms with Crippen LogP contribution in [0.1, 0.15) is 26.7 Å². The van der Waals surface area contributed by atoms with Gasteiger partial charge >= 0.3 is 0 Å².